The third kappa shape index (κ3) is 3.23. The van der Waals surface area contributed by atoms with Crippen LogP contribution < -0.4 is 0 Å². The van der Waals surface area contributed by atoms with Crippen LogP contribution in [0.3, 0.4) is 0 Å². The Kier molecular flexibility index (Phi) is 5.59. The van der Waals surface area contributed by atoms with Gasteiger partial charge in [-0.2, -0.15) is 5.10 Å². The van der Waals surface area contributed by atoms with Gasteiger partial charge in [0.05, 0.1) is 16.4 Å². The summed E-state index contributed by atoms with van der Waals surface area (Å²) in [4.78, 5) is 0. The maximum atomic E-state index is 6.47. The lowest BCUT2D eigenvalue weighted by molar-refractivity contribution is 0.511. The lowest BCUT2D eigenvalue weighted by Crippen LogP contribution is -2.34. The first-order valence-corrected chi connectivity index (χ1v) is 8.40. The van der Waals surface area contributed by atoms with Crippen molar-refractivity contribution in [2.75, 3.05) is 11.8 Å². The van der Waals surface area contributed by atoms with Crippen LogP contribution in [0.2, 0.25) is 5.02 Å². The van der Waals surface area contributed by atoms with E-state index in [0.717, 1.165) is 28.4 Å². The molecule has 2 nitrogen and oxygen atoms in total. The summed E-state index contributed by atoms with van der Waals surface area (Å²) in [7, 11) is 1.92. The number of hydrogen-bond donors (Lipinski definition) is 0. The molecule has 1 heterocycles. The zero-order valence-corrected chi connectivity index (χ0v) is 14.5. The third-order valence-corrected chi connectivity index (χ3v) is 5.37. The highest BCUT2D eigenvalue weighted by atomic mass is 35.5. The summed E-state index contributed by atoms with van der Waals surface area (Å²) in [5.41, 5.74) is 2.69. The van der Waals surface area contributed by atoms with Crippen molar-refractivity contribution in [1.29, 1.82) is 0 Å². The Morgan fingerprint density at radius 1 is 1.14 bits per heavy atom. The molecular weight excluding hydrogens is 327 g/mol. The molecular formula is C16H19Cl3N2. The van der Waals surface area contributed by atoms with Crippen LogP contribution in [0.4, 0.5) is 0 Å². The van der Waals surface area contributed by atoms with E-state index in [1.54, 1.807) is 0 Å². The van der Waals surface area contributed by atoms with Crippen molar-refractivity contribution < 1.29 is 0 Å². The molecule has 21 heavy (non-hydrogen) atoms. The standard InChI is InChI=1S/C16H19Cl3N2/c1-3-13-15(19)14(21(2)20-13)9-16(10-17,11-18)12-7-5-4-6-8-12/h4-8H,3,9-11H2,1-2H3. The molecule has 0 bridgehead atoms. The maximum Gasteiger partial charge on any atom is 0.0850 e. The Balaban J connectivity index is 2.44. The second-order valence-corrected chi connectivity index (χ2v) is 6.19. The van der Waals surface area contributed by atoms with E-state index in [1.165, 1.54) is 0 Å². The predicted octanol–water partition coefficient (Wildman–Crippen LogP) is 4.59. The summed E-state index contributed by atoms with van der Waals surface area (Å²) in [5, 5.41) is 5.21. The van der Waals surface area contributed by atoms with Gasteiger partial charge in [0.2, 0.25) is 0 Å². The Hall–Kier alpha value is -0.700. The third-order valence-electron chi connectivity index (χ3n) is 3.91. The molecule has 2 aromatic rings. The minimum Gasteiger partial charge on any atom is -0.271 e. The van der Waals surface area contributed by atoms with E-state index < -0.39 is 0 Å². The summed E-state index contributed by atoms with van der Waals surface area (Å²) in [6.45, 7) is 2.05. The fourth-order valence-corrected chi connectivity index (χ4v) is 3.65. The molecule has 0 N–H and O–H groups in total. The molecule has 0 unspecified atom stereocenters. The van der Waals surface area contributed by atoms with Gasteiger partial charge in [0, 0.05) is 30.6 Å². The number of hydrogen-bond acceptors (Lipinski definition) is 1. The second-order valence-electron chi connectivity index (χ2n) is 5.27. The highest BCUT2D eigenvalue weighted by molar-refractivity contribution is 6.32. The lowest BCUT2D eigenvalue weighted by atomic mass is 9.80. The van der Waals surface area contributed by atoms with E-state index in [-0.39, 0.29) is 5.41 Å². The summed E-state index contributed by atoms with van der Waals surface area (Å²) < 4.78 is 1.85. The Bertz CT molecular complexity index is 589. The summed E-state index contributed by atoms with van der Waals surface area (Å²) >= 11 is 19.1. The zero-order valence-electron chi connectivity index (χ0n) is 12.2. The van der Waals surface area contributed by atoms with Gasteiger partial charge in [0.1, 0.15) is 0 Å². The zero-order chi connectivity index (χ0) is 15.5. The van der Waals surface area contributed by atoms with Crippen molar-refractivity contribution in [2.45, 2.75) is 25.2 Å². The number of halogens is 3. The quantitative estimate of drug-likeness (QED) is 0.700. The molecule has 0 spiro atoms. The molecule has 0 aliphatic heterocycles. The van der Waals surface area contributed by atoms with Gasteiger partial charge < -0.3 is 0 Å². The van der Waals surface area contributed by atoms with E-state index in [4.69, 9.17) is 34.8 Å². The van der Waals surface area contributed by atoms with Gasteiger partial charge in [-0.25, -0.2) is 0 Å². The van der Waals surface area contributed by atoms with Crippen LogP contribution in [0.25, 0.3) is 0 Å². The normalized spacial score (nSPS) is 11.9. The molecule has 1 aromatic carbocycles. The first-order valence-electron chi connectivity index (χ1n) is 6.95. The van der Waals surface area contributed by atoms with Gasteiger partial charge in [-0.05, 0) is 12.0 Å². The molecule has 2 rings (SSSR count). The maximum absolute atomic E-state index is 6.47. The van der Waals surface area contributed by atoms with Crippen LogP contribution in [0, 0.1) is 0 Å². The minimum absolute atomic E-state index is 0.340. The SMILES string of the molecule is CCc1nn(C)c(CC(CCl)(CCl)c2ccccc2)c1Cl. The minimum atomic E-state index is -0.340. The fraction of sp³-hybridized carbons (Fsp3) is 0.438. The van der Waals surface area contributed by atoms with Gasteiger partial charge >= 0.3 is 0 Å². The van der Waals surface area contributed by atoms with E-state index in [2.05, 4.69) is 17.2 Å². The van der Waals surface area contributed by atoms with Crippen molar-refractivity contribution in [3.8, 4) is 0 Å². The van der Waals surface area contributed by atoms with Crippen molar-refractivity contribution >= 4 is 34.8 Å². The molecule has 0 aliphatic rings. The Morgan fingerprint density at radius 2 is 1.76 bits per heavy atom. The highest BCUT2D eigenvalue weighted by Gasteiger charge is 2.33. The molecule has 114 valence electrons. The second kappa shape index (κ2) is 7.04. The number of aromatic nitrogens is 2. The van der Waals surface area contributed by atoms with E-state index in [9.17, 15) is 0 Å². The summed E-state index contributed by atoms with van der Waals surface area (Å²) in [5.74, 6) is 0.868. The van der Waals surface area contributed by atoms with Crippen molar-refractivity contribution in [3.05, 3.63) is 52.3 Å². The predicted molar refractivity (Wildman–Crippen MR) is 90.9 cm³/mol. The number of benzene rings is 1. The van der Waals surface area contributed by atoms with Crippen LogP contribution >= 0.6 is 34.8 Å². The van der Waals surface area contributed by atoms with Gasteiger partial charge in [-0.3, -0.25) is 4.68 Å². The van der Waals surface area contributed by atoms with Gasteiger partial charge in [-0.1, -0.05) is 48.9 Å². The largest absolute Gasteiger partial charge is 0.271 e. The van der Waals surface area contributed by atoms with Crippen LogP contribution in [-0.4, -0.2) is 21.5 Å². The monoisotopic (exact) mass is 344 g/mol. The average Bonchev–Trinajstić information content (AvgIpc) is 2.80. The topological polar surface area (TPSA) is 17.8 Å². The molecule has 0 fully saturated rings. The van der Waals surface area contributed by atoms with Crippen LogP contribution in [0.5, 0.6) is 0 Å². The van der Waals surface area contributed by atoms with E-state index >= 15 is 0 Å². The van der Waals surface area contributed by atoms with E-state index in [0.29, 0.717) is 18.2 Å². The number of nitrogens with zero attached hydrogens (tertiary/aromatic N) is 2. The Labute approximate surface area is 141 Å². The molecule has 0 saturated heterocycles. The molecule has 0 amide bonds. The van der Waals surface area contributed by atoms with Crippen LogP contribution in [-0.2, 0) is 25.3 Å². The van der Waals surface area contributed by atoms with E-state index in [1.807, 2.05) is 36.9 Å². The lowest BCUT2D eigenvalue weighted by Gasteiger charge is -2.30. The molecule has 0 atom stereocenters. The molecule has 5 heteroatoms. The molecule has 1 aromatic heterocycles. The number of aryl methyl sites for hydroxylation is 2. The fourth-order valence-electron chi connectivity index (χ4n) is 2.51. The number of rotatable bonds is 6. The van der Waals surface area contributed by atoms with Crippen molar-refractivity contribution in [2.24, 2.45) is 7.05 Å². The summed E-state index contributed by atoms with van der Waals surface area (Å²) in [6.07, 6.45) is 1.49. The first-order chi connectivity index (χ1) is 10.1. The van der Waals surface area contributed by atoms with Gasteiger partial charge in [0.25, 0.3) is 0 Å². The average molecular weight is 346 g/mol. The van der Waals surface area contributed by atoms with Crippen LogP contribution in [0.1, 0.15) is 23.9 Å². The number of alkyl halides is 2. The van der Waals surface area contributed by atoms with Gasteiger partial charge in [0.15, 0.2) is 0 Å². The molecule has 0 saturated carbocycles. The summed E-state index contributed by atoms with van der Waals surface area (Å²) in [6, 6.07) is 10.1. The Morgan fingerprint density at radius 3 is 2.24 bits per heavy atom. The van der Waals surface area contributed by atoms with Crippen LogP contribution in [0.15, 0.2) is 30.3 Å². The molecule has 0 radical (unpaired) electrons. The van der Waals surface area contributed by atoms with Crippen molar-refractivity contribution in [1.82, 2.24) is 9.78 Å². The highest BCUT2D eigenvalue weighted by Crippen LogP contribution is 2.34. The molecule has 0 aliphatic carbocycles. The first kappa shape index (κ1) is 16.7. The smallest absolute Gasteiger partial charge is 0.0850 e. The van der Waals surface area contributed by atoms with Crippen molar-refractivity contribution in [3.63, 3.8) is 0 Å². The van der Waals surface area contributed by atoms with Gasteiger partial charge in [-0.15, -0.1) is 23.2 Å².